The first-order valence-electron chi connectivity index (χ1n) is 5.86. The zero-order valence-corrected chi connectivity index (χ0v) is 9.77. The summed E-state index contributed by atoms with van der Waals surface area (Å²) in [7, 11) is 0. The van der Waals surface area contributed by atoms with Crippen LogP contribution in [0, 0.1) is 5.82 Å². The van der Waals surface area contributed by atoms with Crippen molar-refractivity contribution in [2.75, 3.05) is 6.61 Å². The van der Waals surface area contributed by atoms with Gasteiger partial charge in [0.05, 0.1) is 18.8 Å². The molecule has 3 nitrogen and oxygen atoms in total. The molecule has 2 heterocycles. The smallest absolute Gasteiger partial charge is 0.146 e. The molecule has 0 bridgehead atoms. The van der Waals surface area contributed by atoms with Gasteiger partial charge in [0, 0.05) is 18.2 Å². The lowest BCUT2D eigenvalue weighted by Crippen LogP contribution is -2.14. The number of nitrogens with zero attached hydrogens (tertiary/aromatic N) is 1. The first-order chi connectivity index (χ1) is 8.75. The number of aromatic nitrogens is 1. The molecule has 1 atom stereocenters. The first kappa shape index (κ1) is 11.2. The monoisotopic (exact) mass is 244 g/mol. The lowest BCUT2D eigenvalue weighted by Gasteiger charge is -2.14. The van der Waals surface area contributed by atoms with Crippen LogP contribution in [0.5, 0.6) is 5.75 Å². The number of halogens is 1. The Kier molecular flexibility index (Phi) is 2.72. The Hall–Kier alpha value is -1.94. The molecular weight excluding hydrogens is 231 g/mol. The van der Waals surface area contributed by atoms with E-state index in [9.17, 15) is 4.39 Å². The Balaban J connectivity index is 1.98. The summed E-state index contributed by atoms with van der Waals surface area (Å²) >= 11 is 0. The first-order valence-corrected chi connectivity index (χ1v) is 5.86. The SMILES string of the molecule is NC(c1ccc2c(c1)CCO2)c1ccncc1F. The van der Waals surface area contributed by atoms with Gasteiger partial charge in [-0.15, -0.1) is 0 Å². The molecule has 0 spiro atoms. The predicted molar refractivity (Wildman–Crippen MR) is 65.9 cm³/mol. The van der Waals surface area contributed by atoms with Crippen molar-refractivity contribution >= 4 is 0 Å². The molecule has 0 radical (unpaired) electrons. The maximum atomic E-state index is 13.6. The van der Waals surface area contributed by atoms with E-state index in [0.717, 1.165) is 23.3 Å². The predicted octanol–water partition coefficient (Wildman–Crippen LogP) is 2.20. The number of hydrogen-bond acceptors (Lipinski definition) is 3. The Morgan fingerprint density at radius 3 is 3.06 bits per heavy atom. The van der Waals surface area contributed by atoms with E-state index in [2.05, 4.69) is 4.98 Å². The summed E-state index contributed by atoms with van der Waals surface area (Å²) in [5, 5.41) is 0. The molecule has 0 fully saturated rings. The van der Waals surface area contributed by atoms with Crippen LogP contribution in [0.25, 0.3) is 0 Å². The zero-order valence-electron chi connectivity index (χ0n) is 9.77. The van der Waals surface area contributed by atoms with Crippen molar-refractivity contribution in [3.05, 3.63) is 59.2 Å². The minimum Gasteiger partial charge on any atom is -0.493 e. The van der Waals surface area contributed by atoms with Gasteiger partial charge in [0.25, 0.3) is 0 Å². The van der Waals surface area contributed by atoms with E-state index in [1.807, 2.05) is 18.2 Å². The van der Waals surface area contributed by atoms with E-state index in [0.29, 0.717) is 12.2 Å². The van der Waals surface area contributed by atoms with Crippen LogP contribution in [0.15, 0.2) is 36.7 Å². The van der Waals surface area contributed by atoms with Crippen molar-refractivity contribution in [3.63, 3.8) is 0 Å². The van der Waals surface area contributed by atoms with Crippen molar-refractivity contribution in [2.45, 2.75) is 12.5 Å². The van der Waals surface area contributed by atoms with Crippen molar-refractivity contribution in [1.29, 1.82) is 0 Å². The van der Waals surface area contributed by atoms with Gasteiger partial charge in [0.2, 0.25) is 0 Å². The van der Waals surface area contributed by atoms with Crippen LogP contribution < -0.4 is 10.5 Å². The summed E-state index contributed by atoms with van der Waals surface area (Å²) in [5.74, 6) is 0.530. The number of ether oxygens (including phenoxy) is 1. The van der Waals surface area contributed by atoms with E-state index >= 15 is 0 Å². The Morgan fingerprint density at radius 1 is 1.33 bits per heavy atom. The molecule has 0 aliphatic carbocycles. The van der Waals surface area contributed by atoms with Gasteiger partial charge >= 0.3 is 0 Å². The van der Waals surface area contributed by atoms with Crippen LogP contribution in [-0.4, -0.2) is 11.6 Å². The van der Waals surface area contributed by atoms with E-state index in [-0.39, 0.29) is 5.82 Å². The fourth-order valence-electron chi connectivity index (χ4n) is 2.22. The molecule has 1 aromatic carbocycles. The largest absolute Gasteiger partial charge is 0.493 e. The topological polar surface area (TPSA) is 48.1 Å². The van der Waals surface area contributed by atoms with Gasteiger partial charge < -0.3 is 10.5 Å². The minimum atomic E-state index is -0.473. The number of fused-ring (bicyclic) bond motifs is 1. The number of benzene rings is 1. The highest BCUT2D eigenvalue weighted by atomic mass is 19.1. The summed E-state index contributed by atoms with van der Waals surface area (Å²) in [4.78, 5) is 3.73. The van der Waals surface area contributed by atoms with Crippen LogP contribution >= 0.6 is 0 Å². The Labute approximate surface area is 104 Å². The van der Waals surface area contributed by atoms with Crippen LogP contribution in [0.3, 0.4) is 0 Å². The molecule has 0 amide bonds. The Bertz CT molecular complexity index is 586. The van der Waals surface area contributed by atoms with Gasteiger partial charge in [-0.05, 0) is 23.3 Å². The van der Waals surface area contributed by atoms with E-state index in [1.165, 1.54) is 6.20 Å². The molecule has 0 saturated carbocycles. The molecule has 92 valence electrons. The number of nitrogens with two attached hydrogens (primary N) is 1. The van der Waals surface area contributed by atoms with Crippen LogP contribution in [-0.2, 0) is 6.42 Å². The van der Waals surface area contributed by atoms with Gasteiger partial charge in [-0.3, -0.25) is 4.98 Å². The summed E-state index contributed by atoms with van der Waals surface area (Å²) < 4.78 is 19.1. The van der Waals surface area contributed by atoms with E-state index in [4.69, 9.17) is 10.5 Å². The second kappa shape index (κ2) is 4.38. The maximum absolute atomic E-state index is 13.6. The number of rotatable bonds is 2. The molecule has 18 heavy (non-hydrogen) atoms. The maximum Gasteiger partial charge on any atom is 0.146 e. The molecule has 1 unspecified atom stereocenters. The third kappa shape index (κ3) is 1.84. The highest BCUT2D eigenvalue weighted by Gasteiger charge is 2.17. The number of pyridine rings is 1. The van der Waals surface area contributed by atoms with Crippen molar-refractivity contribution in [1.82, 2.24) is 4.98 Å². The average molecular weight is 244 g/mol. The average Bonchev–Trinajstić information content (AvgIpc) is 2.85. The summed E-state index contributed by atoms with van der Waals surface area (Å²) in [6, 6.07) is 6.92. The molecule has 1 aliphatic heterocycles. The number of hydrogen-bond donors (Lipinski definition) is 1. The van der Waals surface area contributed by atoms with E-state index < -0.39 is 6.04 Å². The van der Waals surface area contributed by atoms with Crippen LogP contribution in [0.2, 0.25) is 0 Å². The third-order valence-corrected chi connectivity index (χ3v) is 3.21. The Morgan fingerprint density at radius 2 is 2.22 bits per heavy atom. The molecule has 1 aliphatic rings. The van der Waals surface area contributed by atoms with Crippen molar-refractivity contribution in [2.24, 2.45) is 5.73 Å². The summed E-state index contributed by atoms with van der Waals surface area (Å²) in [6.07, 6.45) is 3.62. The standard InChI is InChI=1S/C14H13FN2O/c15-12-8-17-5-3-11(12)14(16)10-1-2-13-9(7-10)4-6-18-13/h1-3,5,7-8,14H,4,6,16H2. The van der Waals surface area contributed by atoms with E-state index in [1.54, 1.807) is 12.3 Å². The molecule has 0 saturated heterocycles. The van der Waals surface area contributed by atoms with Crippen LogP contribution in [0.1, 0.15) is 22.7 Å². The van der Waals surface area contributed by atoms with Crippen LogP contribution in [0.4, 0.5) is 4.39 Å². The van der Waals surface area contributed by atoms with Gasteiger partial charge in [0.1, 0.15) is 11.6 Å². The fraction of sp³-hybridized carbons (Fsp3) is 0.214. The van der Waals surface area contributed by atoms with Gasteiger partial charge in [-0.25, -0.2) is 4.39 Å². The zero-order chi connectivity index (χ0) is 12.5. The molecule has 2 N–H and O–H groups in total. The highest BCUT2D eigenvalue weighted by Crippen LogP contribution is 2.30. The second-order valence-electron chi connectivity index (χ2n) is 4.34. The second-order valence-corrected chi connectivity index (χ2v) is 4.34. The van der Waals surface area contributed by atoms with Crippen molar-refractivity contribution < 1.29 is 9.13 Å². The van der Waals surface area contributed by atoms with Gasteiger partial charge in [-0.1, -0.05) is 12.1 Å². The fourth-order valence-corrected chi connectivity index (χ4v) is 2.22. The molecule has 1 aromatic heterocycles. The third-order valence-electron chi connectivity index (χ3n) is 3.21. The molecule has 3 rings (SSSR count). The lowest BCUT2D eigenvalue weighted by atomic mass is 9.98. The highest BCUT2D eigenvalue weighted by molar-refractivity contribution is 5.43. The summed E-state index contributed by atoms with van der Waals surface area (Å²) in [5.41, 5.74) is 8.59. The van der Waals surface area contributed by atoms with Crippen molar-refractivity contribution in [3.8, 4) is 5.75 Å². The normalized spacial score (nSPS) is 15.0. The lowest BCUT2D eigenvalue weighted by molar-refractivity contribution is 0.357. The van der Waals surface area contributed by atoms with Gasteiger partial charge in [0.15, 0.2) is 0 Å². The minimum absolute atomic E-state index is 0.373. The summed E-state index contributed by atoms with van der Waals surface area (Å²) in [6.45, 7) is 0.706. The molecule has 2 aromatic rings. The van der Waals surface area contributed by atoms with Gasteiger partial charge in [-0.2, -0.15) is 0 Å². The quantitative estimate of drug-likeness (QED) is 0.881. The molecular formula is C14H13FN2O. The molecule has 4 heteroatoms.